The summed E-state index contributed by atoms with van der Waals surface area (Å²) in [6, 6.07) is 2.05. The Labute approximate surface area is 134 Å². The number of halogens is 1. The Morgan fingerprint density at radius 2 is 2.05 bits per heavy atom. The lowest BCUT2D eigenvalue weighted by Gasteiger charge is -2.39. The molecule has 21 heavy (non-hydrogen) atoms. The molecule has 1 aliphatic rings. The first-order valence-corrected chi connectivity index (χ1v) is 8.22. The molecule has 1 aromatic rings. The van der Waals surface area contributed by atoms with Crippen molar-refractivity contribution in [1.82, 2.24) is 15.1 Å². The van der Waals surface area contributed by atoms with Gasteiger partial charge in [-0.3, -0.25) is 9.69 Å². The second-order valence-electron chi connectivity index (χ2n) is 5.97. The van der Waals surface area contributed by atoms with Gasteiger partial charge in [-0.25, -0.2) is 0 Å². The van der Waals surface area contributed by atoms with Crippen LogP contribution >= 0.6 is 15.9 Å². The third-order valence-corrected chi connectivity index (χ3v) is 4.72. The van der Waals surface area contributed by atoms with Crippen molar-refractivity contribution in [2.75, 3.05) is 39.8 Å². The van der Waals surface area contributed by atoms with Gasteiger partial charge in [0, 0.05) is 38.8 Å². The monoisotopic (exact) mass is 357 g/mol. The zero-order valence-corrected chi connectivity index (χ0v) is 14.5. The molecule has 0 radical (unpaired) electrons. The molecule has 6 heteroatoms. The van der Waals surface area contributed by atoms with Gasteiger partial charge in [0.05, 0.1) is 11.8 Å². The van der Waals surface area contributed by atoms with E-state index < -0.39 is 0 Å². The molecule has 0 aliphatic carbocycles. The molecule has 2 heterocycles. The number of carbonyl (C=O) groups is 1. The Kier molecular flexibility index (Phi) is 5.84. The Bertz CT molecular complexity index is 467. The van der Waals surface area contributed by atoms with Crippen molar-refractivity contribution < 1.29 is 9.21 Å². The van der Waals surface area contributed by atoms with E-state index in [1.807, 2.05) is 0 Å². The third-order valence-electron chi connectivity index (χ3n) is 4.11. The molecule has 0 aromatic carbocycles. The number of rotatable bonds is 5. The normalized spacial score (nSPS) is 18.9. The highest BCUT2D eigenvalue weighted by Gasteiger charge is 2.25. The van der Waals surface area contributed by atoms with E-state index in [1.165, 1.54) is 6.26 Å². The van der Waals surface area contributed by atoms with Crippen molar-refractivity contribution >= 4 is 21.8 Å². The summed E-state index contributed by atoms with van der Waals surface area (Å²) in [7, 11) is 2.15. The summed E-state index contributed by atoms with van der Waals surface area (Å²) < 4.78 is 5.59. The van der Waals surface area contributed by atoms with E-state index in [-0.39, 0.29) is 5.91 Å². The van der Waals surface area contributed by atoms with E-state index in [2.05, 4.69) is 51.9 Å². The summed E-state index contributed by atoms with van der Waals surface area (Å²) in [4.78, 5) is 17.0. The number of carbonyl (C=O) groups excluding carboxylic acids is 1. The molecule has 1 aromatic heterocycles. The standard InChI is InChI=1S/C15H24BrN3O2/c1-11(2)13(19-7-5-18(3)6-8-19)10-17-15(20)12-4-9-21-14(12)16/h4,9,11,13H,5-8,10H2,1-3H3,(H,17,20). The molecule has 0 spiro atoms. The highest BCUT2D eigenvalue weighted by molar-refractivity contribution is 9.10. The van der Waals surface area contributed by atoms with Gasteiger partial charge >= 0.3 is 0 Å². The van der Waals surface area contributed by atoms with Gasteiger partial charge in [0.15, 0.2) is 4.67 Å². The molecule has 118 valence electrons. The maximum absolute atomic E-state index is 12.2. The van der Waals surface area contributed by atoms with Crippen molar-refractivity contribution in [1.29, 1.82) is 0 Å². The van der Waals surface area contributed by atoms with Crippen LogP contribution in [0.5, 0.6) is 0 Å². The van der Waals surface area contributed by atoms with E-state index >= 15 is 0 Å². The average Bonchev–Trinajstić information content (AvgIpc) is 2.86. The molecule has 5 nitrogen and oxygen atoms in total. The van der Waals surface area contributed by atoms with Crippen LogP contribution in [-0.2, 0) is 0 Å². The van der Waals surface area contributed by atoms with Gasteiger partial charge in [0.2, 0.25) is 0 Å². The molecule has 1 aliphatic heterocycles. The van der Waals surface area contributed by atoms with E-state index in [0.717, 1.165) is 26.2 Å². The number of hydrogen-bond acceptors (Lipinski definition) is 4. The van der Waals surface area contributed by atoms with Crippen molar-refractivity contribution in [2.45, 2.75) is 19.9 Å². The highest BCUT2D eigenvalue weighted by Crippen LogP contribution is 2.18. The fraction of sp³-hybridized carbons (Fsp3) is 0.667. The summed E-state index contributed by atoms with van der Waals surface area (Å²) in [5.74, 6) is 0.414. The molecule has 0 saturated carbocycles. The Balaban J connectivity index is 1.91. The minimum Gasteiger partial charge on any atom is -0.457 e. The van der Waals surface area contributed by atoms with E-state index in [4.69, 9.17) is 4.42 Å². The van der Waals surface area contributed by atoms with Gasteiger partial charge in [-0.05, 0) is 35.0 Å². The molecular weight excluding hydrogens is 334 g/mol. The number of furan rings is 1. The lowest BCUT2D eigenvalue weighted by atomic mass is 10.0. The largest absolute Gasteiger partial charge is 0.457 e. The molecule has 1 amide bonds. The summed E-state index contributed by atoms with van der Waals surface area (Å²) in [5.41, 5.74) is 0.552. The Morgan fingerprint density at radius 1 is 1.38 bits per heavy atom. The van der Waals surface area contributed by atoms with Crippen molar-refractivity contribution in [3.63, 3.8) is 0 Å². The summed E-state index contributed by atoms with van der Waals surface area (Å²) in [6.45, 7) is 9.38. The SMILES string of the molecule is CC(C)C(CNC(=O)c1ccoc1Br)N1CCN(C)CC1. The van der Waals surface area contributed by atoms with Crippen LogP contribution in [0.2, 0.25) is 0 Å². The van der Waals surface area contributed by atoms with Crippen LogP contribution < -0.4 is 5.32 Å². The molecule has 1 N–H and O–H groups in total. The molecule has 2 rings (SSSR count). The maximum atomic E-state index is 12.2. The molecule has 1 atom stereocenters. The number of amides is 1. The molecular formula is C15H24BrN3O2. The average molecular weight is 358 g/mol. The lowest BCUT2D eigenvalue weighted by Crippen LogP contribution is -2.54. The van der Waals surface area contributed by atoms with Crippen molar-refractivity contribution in [3.05, 3.63) is 22.6 Å². The molecule has 0 bridgehead atoms. The zero-order chi connectivity index (χ0) is 15.4. The predicted molar refractivity (Wildman–Crippen MR) is 86.4 cm³/mol. The summed E-state index contributed by atoms with van der Waals surface area (Å²) in [6.07, 6.45) is 1.51. The summed E-state index contributed by atoms with van der Waals surface area (Å²) >= 11 is 3.24. The Morgan fingerprint density at radius 3 is 2.57 bits per heavy atom. The van der Waals surface area contributed by atoms with Crippen LogP contribution in [0.25, 0.3) is 0 Å². The number of nitrogens with one attached hydrogen (secondary N) is 1. The van der Waals surface area contributed by atoms with Gasteiger partial charge < -0.3 is 14.6 Å². The quantitative estimate of drug-likeness (QED) is 0.875. The summed E-state index contributed by atoms with van der Waals surface area (Å²) in [5, 5.41) is 3.03. The first kappa shape index (κ1) is 16.5. The maximum Gasteiger partial charge on any atom is 0.255 e. The van der Waals surface area contributed by atoms with Gasteiger partial charge in [0.1, 0.15) is 0 Å². The second kappa shape index (κ2) is 7.42. The first-order chi connectivity index (χ1) is 9.99. The highest BCUT2D eigenvalue weighted by atomic mass is 79.9. The van der Waals surface area contributed by atoms with Crippen LogP contribution in [0.15, 0.2) is 21.4 Å². The number of nitrogens with zero attached hydrogens (tertiary/aromatic N) is 2. The number of piperazine rings is 1. The fourth-order valence-corrected chi connectivity index (χ4v) is 3.11. The van der Waals surface area contributed by atoms with Crippen LogP contribution in [0.3, 0.4) is 0 Å². The molecule has 1 fully saturated rings. The topological polar surface area (TPSA) is 48.7 Å². The smallest absolute Gasteiger partial charge is 0.255 e. The van der Waals surface area contributed by atoms with Gasteiger partial charge in [0.25, 0.3) is 5.91 Å². The van der Waals surface area contributed by atoms with Gasteiger partial charge in [-0.15, -0.1) is 0 Å². The van der Waals surface area contributed by atoms with Crippen LogP contribution in [-0.4, -0.2) is 61.5 Å². The minimum atomic E-state index is -0.0876. The van der Waals surface area contributed by atoms with Crippen LogP contribution in [0.1, 0.15) is 24.2 Å². The lowest BCUT2D eigenvalue weighted by molar-refractivity contribution is 0.0790. The van der Waals surface area contributed by atoms with Gasteiger partial charge in [-0.1, -0.05) is 13.8 Å². The third kappa shape index (κ3) is 4.31. The van der Waals surface area contributed by atoms with E-state index in [1.54, 1.807) is 6.07 Å². The van der Waals surface area contributed by atoms with Gasteiger partial charge in [-0.2, -0.15) is 0 Å². The molecule has 1 unspecified atom stereocenters. The number of likely N-dealkylation sites (N-methyl/N-ethyl adjacent to an activating group) is 1. The minimum absolute atomic E-state index is 0.0876. The van der Waals surface area contributed by atoms with Crippen molar-refractivity contribution in [2.24, 2.45) is 5.92 Å². The first-order valence-electron chi connectivity index (χ1n) is 7.43. The van der Waals surface area contributed by atoms with Crippen LogP contribution in [0.4, 0.5) is 0 Å². The van der Waals surface area contributed by atoms with Crippen LogP contribution in [0, 0.1) is 5.92 Å². The fourth-order valence-electron chi connectivity index (χ4n) is 2.69. The second-order valence-corrected chi connectivity index (χ2v) is 6.69. The van der Waals surface area contributed by atoms with E-state index in [0.29, 0.717) is 28.7 Å². The zero-order valence-electron chi connectivity index (χ0n) is 12.9. The molecule has 1 saturated heterocycles. The van der Waals surface area contributed by atoms with Crippen molar-refractivity contribution in [3.8, 4) is 0 Å². The van der Waals surface area contributed by atoms with E-state index in [9.17, 15) is 4.79 Å². The Hall–Kier alpha value is -0.850. The number of hydrogen-bond donors (Lipinski definition) is 1. The predicted octanol–water partition coefficient (Wildman–Crippen LogP) is 2.04.